The van der Waals surface area contributed by atoms with Crippen molar-refractivity contribution >= 4 is 29.1 Å². The average Bonchev–Trinajstić information content (AvgIpc) is 2.45. The number of hydrogen-bond donors (Lipinski definition) is 2. The first-order chi connectivity index (χ1) is 9.95. The molecule has 3 N–H and O–H groups in total. The van der Waals surface area contributed by atoms with Gasteiger partial charge in [0.05, 0.1) is 24.0 Å². The van der Waals surface area contributed by atoms with E-state index in [1.807, 2.05) is 0 Å². The molecule has 0 spiro atoms. The second-order valence-corrected chi connectivity index (χ2v) is 4.82. The molecule has 0 aliphatic heterocycles. The van der Waals surface area contributed by atoms with Crippen LogP contribution in [0.2, 0.25) is 5.15 Å². The fourth-order valence-corrected chi connectivity index (χ4v) is 1.79. The van der Waals surface area contributed by atoms with Crippen molar-refractivity contribution in [3.05, 3.63) is 23.0 Å². The second-order valence-electron chi connectivity index (χ2n) is 4.46. The molecule has 0 bridgehead atoms. The molecule has 1 aromatic rings. The number of nitrogen functional groups attached to an aromatic ring is 1. The number of halogens is 1. The van der Waals surface area contributed by atoms with Crippen molar-refractivity contribution in [2.24, 2.45) is 0 Å². The molecule has 1 rings (SSSR count). The summed E-state index contributed by atoms with van der Waals surface area (Å²) in [6.07, 6.45) is 2.08. The van der Waals surface area contributed by atoms with Gasteiger partial charge in [-0.05, 0) is 12.5 Å². The topological polar surface area (TPSA) is 97.5 Å². The highest BCUT2D eigenvalue weighted by Crippen LogP contribution is 2.17. The van der Waals surface area contributed by atoms with Crippen LogP contribution >= 0.6 is 11.6 Å². The van der Waals surface area contributed by atoms with Crippen LogP contribution in [0.4, 0.5) is 5.69 Å². The molecule has 116 valence electrons. The predicted molar refractivity (Wildman–Crippen MR) is 80.1 cm³/mol. The molecule has 0 aromatic carbocycles. The number of hydrogen-bond acceptors (Lipinski definition) is 5. The molecule has 1 aromatic heterocycles. The Morgan fingerprint density at radius 1 is 1.52 bits per heavy atom. The Morgan fingerprint density at radius 3 is 2.90 bits per heavy atom. The molecule has 0 unspecified atom stereocenters. The van der Waals surface area contributed by atoms with Crippen molar-refractivity contribution in [1.82, 2.24) is 15.2 Å². The van der Waals surface area contributed by atoms with E-state index in [9.17, 15) is 9.59 Å². The summed E-state index contributed by atoms with van der Waals surface area (Å²) >= 11 is 5.86. The van der Waals surface area contributed by atoms with Gasteiger partial charge in [0, 0.05) is 27.3 Å². The number of anilines is 1. The van der Waals surface area contributed by atoms with Crippen LogP contribution in [0, 0.1) is 0 Å². The number of rotatable bonds is 7. The first kappa shape index (κ1) is 17.2. The number of likely N-dealkylation sites (N-methyl/N-ethyl adjacent to an activating group) is 1. The van der Waals surface area contributed by atoms with Crippen LogP contribution in [0.1, 0.15) is 16.8 Å². The summed E-state index contributed by atoms with van der Waals surface area (Å²) in [7, 11) is 3.11. The Balaban J connectivity index is 2.54. The number of carbonyl (C=O) groups is 2. The number of pyridine rings is 1. The van der Waals surface area contributed by atoms with Gasteiger partial charge in [0.2, 0.25) is 5.91 Å². The number of nitrogens with two attached hydrogens (primary N) is 1. The van der Waals surface area contributed by atoms with E-state index >= 15 is 0 Å². The molecule has 0 saturated heterocycles. The molecule has 21 heavy (non-hydrogen) atoms. The van der Waals surface area contributed by atoms with E-state index in [-0.39, 0.29) is 23.2 Å². The second kappa shape index (κ2) is 8.43. The molecule has 2 amide bonds. The quantitative estimate of drug-likeness (QED) is 0.565. The minimum absolute atomic E-state index is 0.0570. The lowest BCUT2D eigenvalue weighted by molar-refractivity contribution is -0.121. The third kappa shape index (κ3) is 5.57. The zero-order valence-electron chi connectivity index (χ0n) is 12.1. The smallest absolute Gasteiger partial charge is 0.257 e. The van der Waals surface area contributed by atoms with E-state index in [2.05, 4.69) is 10.3 Å². The van der Waals surface area contributed by atoms with E-state index in [0.717, 1.165) is 0 Å². The molecule has 0 saturated carbocycles. The minimum Gasteiger partial charge on any atom is -0.397 e. The van der Waals surface area contributed by atoms with Crippen molar-refractivity contribution in [2.75, 3.05) is 39.6 Å². The van der Waals surface area contributed by atoms with Gasteiger partial charge >= 0.3 is 0 Å². The zero-order chi connectivity index (χ0) is 15.8. The Kier molecular flexibility index (Phi) is 6.90. The normalized spacial score (nSPS) is 10.2. The Labute approximate surface area is 128 Å². The van der Waals surface area contributed by atoms with E-state index in [1.165, 1.54) is 24.2 Å². The summed E-state index contributed by atoms with van der Waals surface area (Å²) in [4.78, 5) is 28.9. The number of aromatic nitrogens is 1. The van der Waals surface area contributed by atoms with Gasteiger partial charge in [-0.3, -0.25) is 9.59 Å². The fourth-order valence-electron chi connectivity index (χ4n) is 1.61. The third-order valence-electron chi connectivity index (χ3n) is 2.67. The van der Waals surface area contributed by atoms with Crippen molar-refractivity contribution < 1.29 is 14.3 Å². The summed E-state index contributed by atoms with van der Waals surface area (Å²) in [6.45, 7) is 0.992. The lowest BCUT2D eigenvalue weighted by Crippen LogP contribution is -2.39. The lowest BCUT2D eigenvalue weighted by Gasteiger charge is -2.17. The molecule has 0 atom stereocenters. The molecule has 8 heteroatoms. The van der Waals surface area contributed by atoms with E-state index in [1.54, 1.807) is 7.11 Å². The highest BCUT2D eigenvalue weighted by molar-refractivity contribution is 6.32. The molecular formula is C13H19ClN4O3. The highest BCUT2D eigenvalue weighted by Gasteiger charge is 2.18. The number of nitrogens with one attached hydrogen (secondary N) is 1. The van der Waals surface area contributed by atoms with E-state index < -0.39 is 5.91 Å². The zero-order valence-corrected chi connectivity index (χ0v) is 12.8. The first-order valence-electron chi connectivity index (χ1n) is 6.37. The molecule has 0 aliphatic carbocycles. The number of methoxy groups -OCH3 is 1. The summed E-state index contributed by atoms with van der Waals surface area (Å²) in [5, 5.41) is 2.75. The van der Waals surface area contributed by atoms with Crippen molar-refractivity contribution in [3.63, 3.8) is 0 Å². The number of amides is 2. The Hall–Kier alpha value is -1.86. The molecule has 0 fully saturated rings. The summed E-state index contributed by atoms with van der Waals surface area (Å²) in [5.74, 6) is -0.665. The van der Waals surface area contributed by atoms with Crippen LogP contribution in [0.25, 0.3) is 0 Å². The van der Waals surface area contributed by atoms with Crippen LogP contribution in [0.5, 0.6) is 0 Å². The third-order valence-corrected chi connectivity index (χ3v) is 2.97. The highest BCUT2D eigenvalue weighted by atomic mass is 35.5. The minimum atomic E-state index is -0.410. The number of ether oxygens (including phenoxy) is 1. The maximum atomic E-state index is 12.2. The Morgan fingerprint density at radius 2 is 2.24 bits per heavy atom. The molecule has 0 radical (unpaired) electrons. The average molecular weight is 315 g/mol. The van der Waals surface area contributed by atoms with Gasteiger partial charge in [0.25, 0.3) is 5.91 Å². The Bertz CT molecular complexity index is 510. The predicted octanol–water partition coefficient (Wildman–Crippen LogP) is 0.542. The SMILES string of the molecule is COCCCNC(=O)CN(C)C(=O)c1cc(N)cnc1Cl. The summed E-state index contributed by atoms with van der Waals surface area (Å²) in [5.41, 5.74) is 6.08. The van der Waals surface area contributed by atoms with Gasteiger partial charge in [-0.15, -0.1) is 0 Å². The van der Waals surface area contributed by atoms with Gasteiger partial charge in [-0.1, -0.05) is 11.6 Å². The van der Waals surface area contributed by atoms with Crippen LogP contribution in [0.3, 0.4) is 0 Å². The monoisotopic (exact) mass is 314 g/mol. The summed E-state index contributed by atoms with van der Waals surface area (Å²) < 4.78 is 4.88. The van der Waals surface area contributed by atoms with Crippen molar-refractivity contribution in [3.8, 4) is 0 Å². The maximum absolute atomic E-state index is 12.2. The van der Waals surface area contributed by atoms with Crippen LogP contribution in [-0.4, -0.2) is 55.6 Å². The molecular weight excluding hydrogens is 296 g/mol. The molecule has 0 aliphatic rings. The van der Waals surface area contributed by atoms with Gasteiger partial charge in [-0.2, -0.15) is 0 Å². The lowest BCUT2D eigenvalue weighted by atomic mass is 10.2. The number of carbonyl (C=O) groups excluding carboxylic acids is 2. The van der Waals surface area contributed by atoms with Gasteiger partial charge in [0.1, 0.15) is 5.15 Å². The number of nitrogens with zero attached hydrogens (tertiary/aromatic N) is 2. The van der Waals surface area contributed by atoms with Crippen LogP contribution in [-0.2, 0) is 9.53 Å². The first-order valence-corrected chi connectivity index (χ1v) is 6.75. The standard InChI is InChI=1S/C13H19ClN4O3/c1-18(8-11(19)16-4-3-5-21-2)13(20)10-6-9(15)7-17-12(10)14/h6-7H,3-5,8,15H2,1-2H3,(H,16,19). The largest absolute Gasteiger partial charge is 0.397 e. The van der Waals surface area contributed by atoms with Gasteiger partial charge < -0.3 is 20.7 Å². The summed E-state index contributed by atoms with van der Waals surface area (Å²) in [6, 6.07) is 1.44. The maximum Gasteiger partial charge on any atom is 0.257 e. The fraction of sp³-hybridized carbons (Fsp3) is 0.462. The van der Waals surface area contributed by atoms with Gasteiger partial charge in [0.15, 0.2) is 0 Å². The van der Waals surface area contributed by atoms with E-state index in [0.29, 0.717) is 25.3 Å². The van der Waals surface area contributed by atoms with Crippen molar-refractivity contribution in [2.45, 2.75) is 6.42 Å². The van der Waals surface area contributed by atoms with Crippen molar-refractivity contribution in [1.29, 1.82) is 0 Å². The van der Waals surface area contributed by atoms with E-state index in [4.69, 9.17) is 22.1 Å². The van der Waals surface area contributed by atoms with Gasteiger partial charge in [-0.25, -0.2) is 4.98 Å². The van der Waals surface area contributed by atoms with Crippen LogP contribution in [0.15, 0.2) is 12.3 Å². The van der Waals surface area contributed by atoms with Crippen LogP contribution < -0.4 is 11.1 Å². The molecule has 7 nitrogen and oxygen atoms in total. The molecule has 1 heterocycles.